The van der Waals surface area contributed by atoms with Crippen molar-refractivity contribution in [1.29, 1.82) is 0 Å². The van der Waals surface area contributed by atoms with E-state index in [1.165, 1.54) is 23.9 Å². The molecule has 2 aromatic carbocycles. The first-order chi connectivity index (χ1) is 22.7. The summed E-state index contributed by atoms with van der Waals surface area (Å²) < 4.78 is 15.7. The van der Waals surface area contributed by atoms with Gasteiger partial charge in [-0.25, -0.2) is 19.6 Å². The molecule has 4 aromatic rings. The average Bonchev–Trinajstić information content (AvgIpc) is 3.76. The number of thiazole rings is 1. The minimum atomic E-state index is -1.08. The molecule has 250 valence electrons. The lowest BCUT2D eigenvalue weighted by Gasteiger charge is -2.29. The predicted molar refractivity (Wildman–Crippen MR) is 175 cm³/mol. The van der Waals surface area contributed by atoms with Gasteiger partial charge < -0.3 is 34.9 Å². The molecular weight excluding hydrogens is 622 g/mol. The number of rotatable bonds is 16. The number of benzene rings is 2. The first kappa shape index (κ1) is 35.1. The summed E-state index contributed by atoms with van der Waals surface area (Å²) in [6, 6.07) is 16.7. The lowest BCUT2D eigenvalue weighted by atomic mass is 9.93. The number of alkyl carbamates (subject to hydrolysis) is 2. The fraction of sp³-hybridized carbons (Fsp3) is 0.382. The summed E-state index contributed by atoms with van der Waals surface area (Å²) in [5.41, 5.74) is 2.47. The van der Waals surface area contributed by atoms with Crippen LogP contribution in [0.4, 0.5) is 9.59 Å². The van der Waals surface area contributed by atoms with Gasteiger partial charge in [0.05, 0.1) is 29.0 Å². The molecule has 47 heavy (non-hydrogen) atoms. The van der Waals surface area contributed by atoms with E-state index in [2.05, 4.69) is 25.9 Å². The second-order valence-electron chi connectivity index (χ2n) is 11.5. The van der Waals surface area contributed by atoms with Gasteiger partial charge in [-0.3, -0.25) is 4.79 Å². The number of hydrogen-bond donors (Lipinski definition) is 4. The Morgan fingerprint density at radius 1 is 0.872 bits per heavy atom. The summed E-state index contributed by atoms with van der Waals surface area (Å²) in [6.07, 6.45) is 0.929. The molecule has 0 unspecified atom stereocenters. The summed E-state index contributed by atoms with van der Waals surface area (Å²) in [5, 5.41) is 22.6. The van der Waals surface area contributed by atoms with E-state index in [1.807, 2.05) is 79.9 Å². The molecule has 4 N–H and O–H groups in total. The zero-order chi connectivity index (χ0) is 33.6. The van der Waals surface area contributed by atoms with Crippen molar-refractivity contribution in [3.8, 4) is 0 Å². The van der Waals surface area contributed by atoms with Gasteiger partial charge in [0, 0.05) is 17.3 Å². The van der Waals surface area contributed by atoms with Gasteiger partial charge in [-0.15, -0.1) is 11.3 Å². The molecule has 13 heteroatoms. The normalized spacial score (nSPS) is 13.6. The Bertz CT molecular complexity index is 1530. The number of nitrogens with one attached hydrogen (secondary N) is 3. The average molecular weight is 664 g/mol. The number of carbonyl (C=O) groups excluding carboxylic acids is 3. The number of aromatic nitrogens is 2. The van der Waals surface area contributed by atoms with Gasteiger partial charge >= 0.3 is 12.2 Å². The lowest BCUT2D eigenvalue weighted by molar-refractivity contribution is -0.123. The molecule has 0 aliphatic heterocycles. The third kappa shape index (κ3) is 11.8. The highest BCUT2D eigenvalue weighted by Gasteiger charge is 2.28. The van der Waals surface area contributed by atoms with Crippen LogP contribution in [0.2, 0.25) is 0 Å². The number of nitrogens with zero attached hydrogens (tertiary/aromatic N) is 2. The number of aliphatic hydroxyl groups is 1. The van der Waals surface area contributed by atoms with Gasteiger partial charge in [0.2, 0.25) is 5.91 Å². The molecule has 0 radical (unpaired) electrons. The maximum Gasteiger partial charge on any atom is 0.408 e. The van der Waals surface area contributed by atoms with Gasteiger partial charge in [0.15, 0.2) is 18.8 Å². The maximum absolute atomic E-state index is 13.3. The van der Waals surface area contributed by atoms with Gasteiger partial charge in [-0.05, 0) is 37.3 Å². The Kier molecular flexibility index (Phi) is 13.3. The smallest absolute Gasteiger partial charge is 0.408 e. The molecule has 0 bridgehead atoms. The van der Waals surface area contributed by atoms with Crippen LogP contribution in [0.1, 0.15) is 60.7 Å². The van der Waals surface area contributed by atoms with E-state index < -0.39 is 42.3 Å². The highest BCUT2D eigenvalue weighted by molar-refractivity contribution is 7.09. The molecular formula is C34H41N5O7S. The van der Waals surface area contributed by atoms with Crippen molar-refractivity contribution in [2.45, 2.75) is 83.4 Å². The minimum absolute atomic E-state index is 0.0111. The van der Waals surface area contributed by atoms with Crippen molar-refractivity contribution in [1.82, 2.24) is 25.9 Å². The standard InChI is InChI=1S/C34H41N5O7S/c1-22(2)32-38-27(20-47-32)18-44-33(42)36-23(3)31(41)37-26(14-24-10-6-4-7-11-24)16-30(40)29(15-25-12-8-5-9-13-25)39-34(43)45-19-28-17-35-21-46-28/h4-13,17,20-23,26,29-30,40H,14-16,18-19H2,1-3H3,(H,36,42)(H,37,41)(H,39,43)/t23-,26-,29-,30-/m0/s1. The van der Waals surface area contributed by atoms with Crippen LogP contribution in [0.5, 0.6) is 0 Å². The molecule has 0 saturated heterocycles. The lowest BCUT2D eigenvalue weighted by Crippen LogP contribution is -2.52. The third-order valence-electron chi connectivity index (χ3n) is 7.23. The summed E-state index contributed by atoms with van der Waals surface area (Å²) in [5.74, 6) is 0.197. The van der Waals surface area contributed by atoms with E-state index in [9.17, 15) is 19.5 Å². The van der Waals surface area contributed by atoms with Crippen molar-refractivity contribution >= 4 is 29.4 Å². The molecule has 3 amide bonds. The fourth-order valence-corrected chi connectivity index (χ4v) is 5.57. The number of ether oxygens (including phenoxy) is 2. The molecule has 0 aliphatic carbocycles. The topological polar surface area (TPSA) is 165 Å². The third-order valence-corrected chi connectivity index (χ3v) is 8.43. The van der Waals surface area contributed by atoms with Crippen LogP contribution in [-0.2, 0) is 40.3 Å². The summed E-state index contributed by atoms with van der Waals surface area (Å²) in [6.45, 7) is 5.50. The van der Waals surface area contributed by atoms with Crippen molar-refractivity contribution in [3.05, 3.63) is 106 Å². The number of oxazole rings is 1. The van der Waals surface area contributed by atoms with E-state index in [-0.39, 0.29) is 25.6 Å². The number of carbonyl (C=O) groups is 3. The van der Waals surface area contributed by atoms with Crippen LogP contribution in [0, 0.1) is 0 Å². The van der Waals surface area contributed by atoms with E-state index in [0.29, 0.717) is 24.3 Å². The summed E-state index contributed by atoms with van der Waals surface area (Å²) in [7, 11) is 0. The number of hydrogen-bond acceptors (Lipinski definition) is 10. The van der Waals surface area contributed by atoms with Gasteiger partial charge in [0.25, 0.3) is 0 Å². The Morgan fingerprint density at radius 2 is 1.51 bits per heavy atom. The van der Waals surface area contributed by atoms with Crippen LogP contribution in [-0.4, -0.2) is 57.4 Å². The number of aliphatic hydroxyl groups excluding tert-OH is 1. The van der Waals surface area contributed by atoms with Gasteiger partial charge in [-0.2, -0.15) is 0 Å². The number of amides is 3. The fourth-order valence-electron chi connectivity index (χ4n) is 4.75. The second kappa shape index (κ2) is 17.8. The van der Waals surface area contributed by atoms with Crippen molar-refractivity contribution in [3.63, 3.8) is 0 Å². The van der Waals surface area contributed by atoms with Gasteiger partial charge in [0.1, 0.15) is 12.6 Å². The van der Waals surface area contributed by atoms with Crippen LogP contribution in [0.3, 0.4) is 0 Å². The van der Waals surface area contributed by atoms with E-state index in [0.717, 1.165) is 16.1 Å². The summed E-state index contributed by atoms with van der Waals surface area (Å²) in [4.78, 5) is 46.7. The molecule has 4 atom stereocenters. The van der Waals surface area contributed by atoms with E-state index in [4.69, 9.17) is 13.9 Å². The quantitative estimate of drug-likeness (QED) is 0.131. The van der Waals surface area contributed by atoms with E-state index in [1.54, 1.807) is 6.92 Å². The molecule has 0 saturated carbocycles. The van der Waals surface area contributed by atoms with Gasteiger partial charge in [-0.1, -0.05) is 74.5 Å². The first-order valence-corrected chi connectivity index (χ1v) is 16.3. The Labute approximate surface area is 277 Å². The first-order valence-electron chi connectivity index (χ1n) is 15.4. The molecule has 2 aromatic heterocycles. The Morgan fingerprint density at radius 3 is 2.13 bits per heavy atom. The second-order valence-corrected chi connectivity index (χ2v) is 12.3. The van der Waals surface area contributed by atoms with Crippen LogP contribution >= 0.6 is 11.3 Å². The zero-order valence-electron chi connectivity index (χ0n) is 26.6. The zero-order valence-corrected chi connectivity index (χ0v) is 27.4. The monoisotopic (exact) mass is 663 g/mol. The molecule has 4 rings (SSSR count). The molecule has 0 spiro atoms. The minimum Gasteiger partial charge on any atom is -0.445 e. The highest BCUT2D eigenvalue weighted by atomic mass is 32.1. The Balaban J connectivity index is 1.39. The van der Waals surface area contributed by atoms with Crippen LogP contribution in [0.25, 0.3) is 0 Å². The predicted octanol–water partition coefficient (Wildman–Crippen LogP) is 4.89. The van der Waals surface area contributed by atoms with Crippen molar-refractivity contribution in [2.75, 3.05) is 0 Å². The van der Waals surface area contributed by atoms with Crippen molar-refractivity contribution < 1.29 is 33.4 Å². The van der Waals surface area contributed by atoms with Crippen LogP contribution in [0.15, 0.2) is 83.1 Å². The molecule has 2 heterocycles. The molecule has 0 aliphatic rings. The largest absolute Gasteiger partial charge is 0.445 e. The van der Waals surface area contributed by atoms with Crippen LogP contribution < -0.4 is 16.0 Å². The summed E-state index contributed by atoms with van der Waals surface area (Å²) >= 11 is 1.50. The van der Waals surface area contributed by atoms with E-state index >= 15 is 0 Å². The molecule has 0 fully saturated rings. The SMILES string of the molecule is CC(C)c1nc(COC(=O)N[C@@H](C)C(=O)N[C@@H](Cc2ccccc2)C[C@H](O)[C@H](Cc2ccccc2)NC(=O)OCc2cnco2)cs1. The highest BCUT2D eigenvalue weighted by Crippen LogP contribution is 2.19. The Hall–Kier alpha value is -4.75. The maximum atomic E-state index is 13.3. The molecule has 12 nitrogen and oxygen atoms in total. The van der Waals surface area contributed by atoms with Crippen molar-refractivity contribution in [2.24, 2.45) is 0 Å².